The van der Waals surface area contributed by atoms with E-state index in [1.165, 1.54) is 0 Å². The molecule has 0 bridgehead atoms. The molecule has 0 aromatic carbocycles. The first kappa shape index (κ1) is 13.5. The molecule has 1 N–H and O–H groups in total. The Morgan fingerprint density at radius 2 is 2.00 bits per heavy atom. The molecule has 1 heterocycles. The van der Waals surface area contributed by atoms with E-state index in [1.807, 2.05) is 7.05 Å². The summed E-state index contributed by atoms with van der Waals surface area (Å²) in [6, 6.07) is -0.00965. The molecule has 0 spiro atoms. The van der Waals surface area contributed by atoms with E-state index in [0.717, 1.165) is 26.1 Å². The van der Waals surface area contributed by atoms with Crippen LogP contribution < -0.4 is 5.32 Å². The van der Waals surface area contributed by atoms with Crippen LogP contribution in [-0.4, -0.2) is 61.0 Å². The highest BCUT2D eigenvalue weighted by molar-refractivity contribution is 5.82. The molecule has 0 aromatic rings. The largest absolute Gasteiger partial charge is 0.350 e. The van der Waals surface area contributed by atoms with Gasteiger partial charge in [-0.2, -0.15) is 0 Å². The minimum atomic E-state index is -0.103. The lowest BCUT2D eigenvalue weighted by Gasteiger charge is -2.38. The molecule has 4 heteroatoms. The van der Waals surface area contributed by atoms with Gasteiger partial charge in [0.1, 0.15) is 6.04 Å². The number of hydrogen-bond acceptors (Lipinski definition) is 3. The molecule has 16 heavy (non-hydrogen) atoms. The second-order valence-corrected chi connectivity index (χ2v) is 5.49. The zero-order valence-corrected chi connectivity index (χ0v) is 11.2. The molecule has 1 rings (SSSR count). The van der Waals surface area contributed by atoms with Gasteiger partial charge in [0.2, 0.25) is 5.91 Å². The number of rotatable bonds is 3. The third-order valence-corrected chi connectivity index (χ3v) is 3.50. The Hall–Kier alpha value is -0.610. The molecular formula is C12H25N3O. The number of nitrogens with zero attached hydrogens (tertiary/aromatic N) is 2. The molecule has 0 aliphatic carbocycles. The van der Waals surface area contributed by atoms with E-state index in [4.69, 9.17) is 0 Å². The van der Waals surface area contributed by atoms with Crippen LogP contribution in [0.25, 0.3) is 0 Å². The summed E-state index contributed by atoms with van der Waals surface area (Å²) in [5.74, 6) is 0.154. The molecule has 1 saturated heterocycles. The van der Waals surface area contributed by atoms with Crippen molar-refractivity contribution in [2.75, 3.05) is 33.7 Å². The van der Waals surface area contributed by atoms with Crippen LogP contribution in [0.15, 0.2) is 0 Å². The van der Waals surface area contributed by atoms with Gasteiger partial charge in [0.05, 0.1) is 0 Å². The Bertz CT molecular complexity index is 253. The van der Waals surface area contributed by atoms with Crippen molar-refractivity contribution >= 4 is 5.91 Å². The number of piperazine rings is 1. The van der Waals surface area contributed by atoms with Crippen molar-refractivity contribution in [3.05, 3.63) is 0 Å². The molecule has 4 nitrogen and oxygen atoms in total. The molecule has 1 aliphatic heterocycles. The van der Waals surface area contributed by atoms with Crippen molar-refractivity contribution in [1.82, 2.24) is 15.1 Å². The summed E-state index contributed by atoms with van der Waals surface area (Å²) in [6.45, 7) is 9.05. The van der Waals surface area contributed by atoms with Crippen molar-refractivity contribution < 1.29 is 4.79 Å². The van der Waals surface area contributed by atoms with Gasteiger partial charge in [-0.25, -0.2) is 0 Å². The van der Waals surface area contributed by atoms with Crippen molar-refractivity contribution in [2.45, 2.75) is 38.8 Å². The standard InChI is InChI=1S/C12H25N3O/c1-6-12(2,3)13-11(16)10-9-14(4)7-8-15(10)5/h10H,6-9H2,1-5H3,(H,13,16). The van der Waals surface area contributed by atoms with Gasteiger partial charge in [-0.1, -0.05) is 6.92 Å². The average molecular weight is 227 g/mol. The number of nitrogens with one attached hydrogen (secondary N) is 1. The van der Waals surface area contributed by atoms with Gasteiger partial charge in [-0.15, -0.1) is 0 Å². The summed E-state index contributed by atoms with van der Waals surface area (Å²) < 4.78 is 0. The third kappa shape index (κ3) is 3.46. The molecule has 1 unspecified atom stereocenters. The molecule has 0 saturated carbocycles. The molecule has 1 fully saturated rings. The Kier molecular flexibility index (Phi) is 4.33. The molecular weight excluding hydrogens is 202 g/mol. The van der Waals surface area contributed by atoms with Crippen molar-refractivity contribution in [2.24, 2.45) is 0 Å². The number of hydrogen-bond donors (Lipinski definition) is 1. The normalized spacial score (nSPS) is 24.4. The topological polar surface area (TPSA) is 35.6 Å². The predicted octanol–water partition coefficient (Wildman–Crippen LogP) is 0.537. The number of carbonyl (C=O) groups is 1. The molecule has 0 aromatic heterocycles. The van der Waals surface area contributed by atoms with Gasteiger partial charge in [0.25, 0.3) is 0 Å². The van der Waals surface area contributed by atoms with Crippen LogP contribution in [0.5, 0.6) is 0 Å². The number of likely N-dealkylation sites (N-methyl/N-ethyl adjacent to an activating group) is 2. The monoisotopic (exact) mass is 227 g/mol. The molecule has 1 atom stereocenters. The summed E-state index contributed by atoms with van der Waals surface area (Å²) in [7, 11) is 4.09. The predicted molar refractivity (Wildman–Crippen MR) is 66.4 cm³/mol. The first-order valence-electron chi connectivity index (χ1n) is 6.06. The van der Waals surface area contributed by atoms with Crippen molar-refractivity contribution in [1.29, 1.82) is 0 Å². The van der Waals surface area contributed by atoms with Gasteiger partial charge in [0, 0.05) is 25.2 Å². The van der Waals surface area contributed by atoms with Crippen LogP contribution >= 0.6 is 0 Å². The highest BCUT2D eigenvalue weighted by Gasteiger charge is 2.30. The zero-order chi connectivity index (χ0) is 12.3. The summed E-state index contributed by atoms with van der Waals surface area (Å²) in [4.78, 5) is 16.5. The average Bonchev–Trinajstić information content (AvgIpc) is 2.21. The Morgan fingerprint density at radius 1 is 1.38 bits per heavy atom. The van der Waals surface area contributed by atoms with E-state index in [0.29, 0.717) is 0 Å². The quantitative estimate of drug-likeness (QED) is 0.764. The summed E-state index contributed by atoms with van der Waals surface area (Å²) in [5, 5.41) is 3.12. The van der Waals surface area contributed by atoms with Crippen LogP contribution in [-0.2, 0) is 4.79 Å². The second kappa shape index (κ2) is 5.15. The lowest BCUT2D eigenvalue weighted by molar-refractivity contribution is -0.129. The molecule has 94 valence electrons. The van der Waals surface area contributed by atoms with Gasteiger partial charge < -0.3 is 10.2 Å². The van der Waals surface area contributed by atoms with E-state index >= 15 is 0 Å². The van der Waals surface area contributed by atoms with E-state index < -0.39 is 0 Å². The van der Waals surface area contributed by atoms with Gasteiger partial charge in [0.15, 0.2) is 0 Å². The van der Waals surface area contributed by atoms with E-state index in [9.17, 15) is 4.79 Å². The Labute approximate surface area is 99.0 Å². The molecule has 1 amide bonds. The second-order valence-electron chi connectivity index (χ2n) is 5.49. The summed E-state index contributed by atoms with van der Waals surface area (Å²) >= 11 is 0. The fraction of sp³-hybridized carbons (Fsp3) is 0.917. The Morgan fingerprint density at radius 3 is 2.56 bits per heavy atom. The first-order valence-corrected chi connectivity index (χ1v) is 6.06. The van der Waals surface area contributed by atoms with E-state index in [-0.39, 0.29) is 17.5 Å². The first-order chi connectivity index (χ1) is 7.35. The highest BCUT2D eigenvalue weighted by Crippen LogP contribution is 2.11. The number of carbonyl (C=O) groups excluding carboxylic acids is 1. The SMILES string of the molecule is CCC(C)(C)NC(=O)C1CN(C)CCN1C. The van der Waals surface area contributed by atoms with E-state index in [2.05, 4.69) is 42.9 Å². The minimum absolute atomic E-state index is 0.00965. The minimum Gasteiger partial charge on any atom is -0.350 e. The van der Waals surface area contributed by atoms with Crippen LogP contribution in [0.2, 0.25) is 0 Å². The van der Waals surface area contributed by atoms with Gasteiger partial charge >= 0.3 is 0 Å². The van der Waals surface area contributed by atoms with Gasteiger partial charge in [-0.05, 0) is 34.4 Å². The van der Waals surface area contributed by atoms with Crippen LogP contribution in [0, 0.1) is 0 Å². The lowest BCUT2D eigenvalue weighted by Crippen LogP contribution is -2.59. The fourth-order valence-electron chi connectivity index (χ4n) is 1.80. The highest BCUT2D eigenvalue weighted by atomic mass is 16.2. The van der Waals surface area contributed by atoms with E-state index in [1.54, 1.807) is 0 Å². The zero-order valence-electron chi connectivity index (χ0n) is 11.2. The fourth-order valence-corrected chi connectivity index (χ4v) is 1.80. The molecule has 0 radical (unpaired) electrons. The maximum atomic E-state index is 12.1. The van der Waals surface area contributed by atoms with Crippen LogP contribution in [0.1, 0.15) is 27.2 Å². The maximum Gasteiger partial charge on any atom is 0.239 e. The van der Waals surface area contributed by atoms with Gasteiger partial charge in [-0.3, -0.25) is 9.69 Å². The Balaban J connectivity index is 2.58. The smallest absolute Gasteiger partial charge is 0.239 e. The number of amides is 1. The van der Waals surface area contributed by atoms with Crippen molar-refractivity contribution in [3.8, 4) is 0 Å². The molecule has 1 aliphatic rings. The van der Waals surface area contributed by atoms with Crippen LogP contribution in [0.4, 0.5) is 0 Å². The van der Waals surface area contributed by atoms with Crippen molar-refractivity contribution in [3.63, 3.8) is 0 Å². The third-order valence-electron chi connectivity index (χ3n) is 3.50. The summed E-state index contributed by atoms with van der Waals surface area (Å²) in [5.41, 5.74) is -0.103. The van der Waals surface area contributed by atoms with Crippen LogP contribution in [0.3, 0.4) is 0 Å². The maximum absolute atomic E-state index is 12.1. The lowest BCUT2D eigenvalue weighted by atomic mass is 10.0. The summed E-state index contributed by atoms with van der Waals surface area (Å²) in [6.07, 6.45) is 0.949.